The fourth-order valence-electron chi connectivity index (χ4n) is 3.44. The van der Waals surface area contributed by atoms with Crippen molar-refractivity contribution in [1.29, 1.82) is 0 Å². The Morgan fingerprint density at radius 2 is 1.86 bits per heavy atom. The topological polar surface area (TPSA) is 176 Å². The predicted octanol–water partition coefficient (Wildman–Crippen LogP) is 1.36. The van der Waals surface area contributed by atoms with E-state index in [1.165, 1.54) is 0 Å². The second-order valence-electron chi connectivity index (χ2n) is 8.02. The maximum Gasteiger partial charge on any atom is 0.349 e. The van der Waals surface area contributed by atoms with Gasteiger partial charge in [-0.05, 0) is 25.0 Å². The standard InChI is InChI=1S/C19H14BCl2F2N5O7S/c20-19(33)4-7(5-19)28-37(34,35)12-3-13(25-6-11(12)30)36-15-9(21)1-8(2-10(15)22)29-18(32)26-17(31)14(27-29)16(23)24/h1-3,6-7,16,28,30,33H,4-5H2,(H,26,31,32). The van der Waals surface area contributed by atoms with Crippen LogP contribution in [0.3, 0.4) is 0 Å². The van der Waals surface area contributed by atoms with Crippen molar-refractivity contribution in [2.75, 3.05) is 0 Å². The molecule has 0 unspecified atom stereocenters. The molecule has 1 aliphatic carbocycles. The first-order valence-electron chi connectivity index (χ1n) is 10.1. The van der Waals surface area contributed by atoms with E-state index in [1.54, 1.807) is 4.98 Å². The third-order valence-electron chi connectivity index (χ3n) is 5.13. The summed E-state index contributed by atoms with van der Waals surface area (Å²) >= 11 is 12.4. The van der Waals surface area contributed by atoms with Gasteiger partial charge in [-0.25, -0.2) is 31.7 Å². The van der Waals surface area contributed by atoms with E-state index in [2.05, 4.69) is 14.8 Å². The molecule has 18 heteroatoms. The number of hydrogen-bond donors (Lipinski definition) is 4. The molecule has 2 heterocycles. The molecule has 37 heavy (non-hydrogen) atoms. The highest BCUT2D eigenvalue weighted by Gasteiger charge is 2.40. The fraction of sp³-hybridized carbons (Fsp3) is 0.263. The second-order valence-corrected chi connectivity index (χ2v) is 10.5. The number of aliphatic hydroxyl groups is 1. The first kappa shape index (κ1) is 27.0. The van der Waals surface area contributed by atoms with E-state index in [0.717, 1.165) is 24.4 Å². The number of pyridine rings is 1. The van der Waals surface area contributed by atoms with Gasteiger partial charge < -0.3 is 14.9 Å². The first-order valence-corrected chi connectivity index (χ1v) is 12.3. The maximum atomic E-state index is 13.0. The lowest BCUT2D eigenvalue weighted by Gasteiger charge is -2.41. The molecule has 1 aromatic carbocycles. The summed E-state index contributed by atoms with van der Waals surface area (Å²) in [7, 11) is 1.18. The summed E-state index contributed by atoms with van der Waals surface area (Å²) < 4.78 is 59.7. The smallest absolute Gasteiger partial charge is 0.349 e. The van der Waals surface area contributed by atoms with Gasteiger partial charge in [0.05, 0.1) is 21.9 Å². The molecule has 1 fully saturated rings. The fourth-order valence-corrected chi connectivity index (χ4v) is 5.31. The quantitative estimate of drug-likeness (QED) is 0.303. The summed E-state index contributed by atoms with van der Waals surface area (Å²) in [5.74, 6) is -1.33. The monoisotopic (exact) mass is 575 g/mol. The molecule has 0 bridgehead atoms. The van der Waals surface area contributed by atoms with Gasteiger partial charge in [0, 0.05) is 17.6 Å². The van der Waals surface area contributed by atoms with Crippen LogP contribution in [0.4, 0.5) is 8.78 Å². The van der Waals surface area contributed by atoms with E-state index in [0.29, 0.717) is 4.68 Å². The minimum absolute atomic E-state index is 0.0367. The van der Waals surface area contributed by atoms with E-state index in [9.17, 15) is 37.0 Å². The van der Waals surface area contributed by atoms with Gasteiger partial charge in [0.2, 0.25) is 15.9 Å². The zero-order valence-electron chi connectivity index (χ0n) is 18.2. The van der Waals surface area contributed by atoms with Gasteiger partial charge in [-0.3, -0.25) is 9.78 Å². The van der Waals surface area contributed by atoms with Crippen LogP contribution in [0.5, 0.6) is 17.4 Å². The Labute approximate surface area is 217 Å². The van der Waals surface area contributed by atoms with Crippen molar-refractivity contribution in [3.63, 3.8) is 0 Å². The molecule has 12 nitrogen and oxygen atoms in total. The molecule has 0 amide bonds. The van der Waals surface area contributed by atoms with Crippen LogP contribution in [0.1, 0.15) is 25.0 Å². The van der Waals surface area contributed by atoms with Crippen molar-refractivity contribution in [2.45, 2.75) is 35.7 Å². The highest BCUT2D eigenvalue weighted by Crippen LogP contribution is 2.39. The Balaban J connectivity index is 1.64. The van der Waals surface area contributed by atoms with Crippen LogP contribution in [0.25, 0.3) is 5.69 Å². The minimum Gasteiger partial charge on any atom is -0.505 e. The number of aromatic nitrogens is 4. The lowest BCUT2D eigenvalue weighted by molar-refractivity contribution is 0.0275. The number of aromatic amines is 1. The van der Waals surface area contributed by atoms with E-state index in [-0.39, 0.29) is 40.2 Å². The number of rotatable bonds is 7. The molecule has 1 saturated carbocycles. The third kappa shape index (κ3) is 5.62. The predicted molar refractivity (Wildman–Crippen MR) is 125 cm³/mol. The Bertz CT molecular complexity index is 1590. The lowest BCUT2D eigenvalue weighted by Crippen LogP contribution is -2.55. The minimum atomic E-state index is -4.29. The molecule has 194 valence electrons. The van der Waals surface area contributed by atoms with Crippen molar-refractivity contribution in [3.8, 4) is 23.1 Å². The number of aromatic hydroxyl groups is 1. The molecular formula is C19H14BCl2F2N5O7S. The van der Waals surface area contributed by atoms with Gasteiger partial charge in [-0.15, -0.1) is 0 Å². The Morgan fingerprint density at radius 3 is 2.43 bits per heavy atom. The maximum absolute atomic E-state index is 13.0. The van der Waals surface area contributed by atoms with Crippen LogP contribution in [-0.4, -0.2) is 57.8 Å². The van der Waals surface area contributed by atoms with Crippen LogP contribution in [0.15, 0.2) is 38.9 Å². The molecule has 3 aromatic rings. The Hall–Kier alpha value is -3.05. The largest absolute Gasteiger partial charge is 0.505 e. The molecule has 0 atom stereocenters. The van der Waals surface area contributed by atoms with E-state index >= 15 is 0 Å². The third-order valence-corrected chi connectivity index (χ3v) is 7.24. The van der Waals surface area contributed by atoms with Gasteiger partial charge in [0.15, 0.2) is 17.2 Å². The summed E-state index contributed by atoms with van der Waals surface area (Å²) in [5.41, 5.74) is -5.39. The van der Waals surface area contributed by atoms with Crippen molar-refractivity contribution in [3.05, 3.63) is 61.0 Å². The molecule has 2 radical (unpaired) electrons. The Kier molecular flexibility index (Phi) is 7.07. The molecule has 0 saturated heterocycles. The van der Waals surface area contributed by atoms with Gasteiger partial charge in [0.25, 0.3) is 12.0 Å². The van der Waals surface area contributed by atoms with Crippen molar-refractivity contribution >= 4 is 41.1 Å². The summed E-state index contributed by atoms with van der Waals surface area (Å²) in [6.45, 7) is 0. The van der Waals surface area contributed by atoms with Crippen LogP contribution in [0.2, 0.25) is 10.0 Å². The van der Waals surface area contributed by atoms with E-state index in [1.807, 2.05) is 0 Å². The molecule has 2 aromatic heterocycles. The molecule has 0 spiro atoms. The van der Waals surface area contributed by atoms with Gasteiger partial charge in [-0.1, -0.05) is 23.2 Å². The Morgan fingerprint density at radius 1 is 1.24 bits per heavy atom. The van der Waals surface area contributed by atoms with Gasteiger partial charge >= 0.3 is 5.69 Å². The van der Waals surface area contributed by atoms with Crippen molar-refractivity contribution < 1.29 is 32.1 Å². The van der Waals surface area contributed by atoms with Crippen molar-refractivity contribution in [2.24, 2.45) is 0 Å². The summed E-state index contributed by atoms with van der Waals surface area (Å²) in [6.07, 6.45) is -2.54. The summed E-state index contributed by atoms with van der Waals surface area (Å²) in [4.78, 5) is 28.5. The van der Waals surface area contributed by atoms with E-state index < -0.39 is 55.6 Å². The number of nitrogens with zero attached hydrogens (tertiary/aromatic N) is 3. The zero-order chi connectivity index (χ0) is 27.3. The number of ether oxygens (including phenoxy) is 1. The molecule has 4 N–H and O–H groups in total. The SMILES string of the molecule is [B]C1(O)CC(NS(=O)(=O)c2cc(Oc3c(Cl)cc(-n4nc(C(F)F)c(=O)[nH]c4=O)cc3Cl)ncc2O)C1. The average molecular weight is 576 g/mol. The number of hydrogen-bond acceptors (Lipinski definition) is 9. The van der Waals surface area contributed by atoms with E-state index in [4.69, 9.17) is 35.8 Å². The highest BCUT2D eigenvalue weighted by molar-refractivity contribution is 7.89. The second kappa shape index (κ2) is 9.68. The van der Waals surface area contributed by atoms with Crippen LogP contribution in [-0.2, 0) is 10.0 Å². The summed E-state index contributed by atoms with van der Waals surface area (Å²) in [5, 5.41) is 22.4. The van der Waals surface area contributed by atoms with Crippen LogP contribution in [0, 0.1) is 0 Å². The molecule has 0 aliphatic heterocycles. The number of alkyl halides is 2. The molecular weight excluding hydrogens is 562 g/mol. The number of H-pyrrole nitrogens is 1. The first-order chi connectivity index (χ1) is 17.2. The number of benzene rings is 1. The van der Waals surface area contributed by atoms with Gasteiger partial charge in [-0.2, -0.15) is 9.78 Å². The van der Waals surface area contributed by atoms with Crippen LogP contribution >= 0.6 is 23.2 Å². The number of halogens is 4. The van der Waals surface area contributed by atoms with Crippen LogP contribution < -0.4 is 20.7 Å². The number of nitrogens with one attached hydrogen (secondary N) is 2. The molecule has 1 aliphatic rings. The zero-order valence-corrected chi connectivity index (χ0v) is 20.5. The molecule has 4 rings (SSSR count). The number of sulfonamides is 1. The highest BCUT2D eigenvalue weighted by atomic mass is 35.5. The van der Waals surface area contributed by atoms with Gasteiger partial charge in [0.1, 0.15) is 12.7 Å². The average Bonchev–Trinajstić information content (AvgIpc) is 2.75. The van der Waals surface area contributed by atoms with Crippen molar-refractivity contribution in [1.82, 2.24) is 24.5 Å². The normalized spacial score (nSPS) is 19.6. The summed E-state index contributed by atoms with van der Waals surface area (Å²) in [6, 6.07) is 2.35. The lowest BCUT2D eigenvalue weighted by atomic mass is 9.63.